The van der Waals surface area contributed by atoms with E-state index in [1.807, 2.05) is 0 Å². The maximum absolute atomic E-state index is 13.0. The van der Waals surface area contributed by atoms with Gasteiger partial charge in [-0.25, -0.2) is 0 Å². The van der Waals surface area contributed by atoms with E-state index < -0.39 is 16.7 Å². The number of hydrogen-bond acceptors (Lipinski definition) is 4. The summed E-state index contributed by atoms with van der Waals surface area (Å²) in [5.41, 5.74) is -1.61. The minimum Gasteiger partial charge on any atom is -0.497 e. The van der Waals surface area contributed by atoms with Crippen molar-refractivity contribution in [1.82, 2.24) is 0 Å². The summed E-state index contributed by atoms with van der Waals surface area (Å²) >= 11 is 0. The van der Waals surface area contributed by atoms with E-state index in [1.54, 1.807) is 0 Å². The summed E-state index contributed by atoms with van der Waals surface area (Å²) in [6.45, 7) is 0. The Bertz CT molecular complexity index is 702. The van der Waals surface area contributed by atoms with Crippen LogP contribution < -0.4 is 10.1 Å². The van der Waals surface area contributed by atoms with Crippen molar-refractivity contribution < 1.29 is 22.8 Å². The summed E-state index contributed by atoms with van der Waals surface area (Å²) in [7, 11) is 1.36. The second-order valence-electron chi connectivity index (χ2n) is 4.31. The molecule has 0 unspecified atom stereocenters. The summed E-state index contributed by atoms with van der Waals surface area (Å²) < 4.78 is 43.8. The molecule has 8 heteroatoms. The number of nitro groups is 1. The number of nitrogens with one attached hydrogen (secondary N) is 1. The average molecular weight is 312 g/mol. The lowest BCUT2D eigenvalue weighted by atomic mass is 10.1. The molecule has 0 aliphatic heterocycles. The van der Waals surface area contributed by atoms with Crippen LogP contribution >= 0.6 is 0 Å². The number of para-hydroxylation sites is 1. The fourth-order valence-corrected chi connectivity index (χ4v) is 1.89. The standard InChI is InChI=1S/C14H11F3N2O3/c1-22-9-6-7-13(19(20)21)12(8-9)18-11-5-3-2-4-10(11)14(15,16)17/h2-8,18H,1H3. The second-order valence-corrected chi connectivity index (χ2v) is 4.31. The first kappa shape index (κ1) is 15.6. The Morgan fingerprint density at radius 1 is 1.14 bits per heavy atom. The van der Waals surface area contributed by atoms with Gasteiger partial charge >= 0.3 is 6.18 Å². The molecule has 1 N–H and O–H groups in total. The smallest absolute Gasteiger partial charge is 0.418 e. The fraction of sp³-hybridized carbons (Fsp3) is 0.143. The van der Waals surface area contributed by atoms with E-state index in [-0.39, 0.29) is 22.8 Å². The molecule has 0 aliphatic carbocycles. The summed E-state index contributed by atoms with van der Waals surface area (Å²) in [4.78, 5) is 10.3. The number of halogens is 3. The molecule has 2 rings (SSSR count). The van der Waals surface area contributed by atoms with Crippen LogP contribution in [0.15, 0.2) is 42.5 Å². The van der Waals surface area contributed by atoms with E-state index in [4.69, 9.17) is 4.74 Å². The quantitative estimate of drug-likeness (QED) is 0.672. The summed E-state index contributed by atoms with van der Waals surface area (Å²) in [6.07, 6.45) is -4.57. The molecule has 5 nitrogen and oxygen atoms in total. The average Bonchev–Trinajstić information content (AvgIpc) is 2.46. The van der Waals surface area contributed by atoms with Crippen LogP contribution in [0.1, 0.15) is 5.56 Å². The van der Waals surface area contributed by atoms with Gasteiger partial charge in [-0.15, -0.1) is 0 Å². The van der Waals surface area contributed by atoms with Gasteiger partial charge in [-0.05, 0) is 18.2 Å². The lowest BCUT2D eigenvalue weighted by molar-refractivity contribution is -0.383. The molecule has 0 aromatic heterocycles. The number of hydrogen-bond donors (Lipinski definition) is 1. The monoisotopic (exact) mass is 312 g/mol. The summed E-state index contributed by atoms with van der Waals surface area (Å²) in [5.74, 6) is 0.289. The topological polar surface area (TPSA) is 64.4 Å². The first-order chi connectivity index (χ1) is 10.3. The maximum Gasteiger partial charge on any atom is 0.418 e. The van der Waals surface area contributed by atoms with E-state index in [0.717, 1.165) is 12.1 Å². The Kier molecular flexibility index (Phi) is 4.20. The highest BCUT2D eigenvalue weighted by molar-refractivity contribution is 5.73. The highest BCUT2D eigenvalue weighted by Gasteiger charge is 2.33. The Hall–Kier alpha value is -2.77. The first-order valence-electron chi connectivity index (χ1n) is 6.08. The van der Waals surface area contributed by atoms with E-state index in [9.17, 15) is 23.3 Å². The predicted octanol–water partition coefficient (Wildman–Crippen LogP) is 4.37. The van der Waals surface area contributed by atoms with Gasteiger partial charge in [0.25, 0.3) is 5.69 Å². The molecule has 0 amide bonds. The van der Waals surface area contributed by atoms with Gasteiger partial charge in [-0.1, -0.05) is 12.1 Å². The highest BCUT2D eigenvalue weighted by atomic mass is 19.4. The van der Waals surface area contributed by atoms with Crippen LogP contribution in [0.3, 0.4) is 0 Å². The molecule has 0 bridgehead atoms. The van der Waals surface area contributed by atoms with E-state index in [1.165, 1.54) is 37.4 Å². The molecule has 0 saturated carbocycles. The lowest BCUT2D eigenvalue weighted by Gasteiger charge is -2.14. The van der Waals surface area contributed by atoms with Crippen LogP contribution in [0.4, 0.5) is 30.2 Å². The molecule has 22 heavy (non-hydrogen) atoms. The minimum absolute atomic E-state index is 0.0824. The van der Waals surface area contributed by atoms with Crippen LogP contribution in [-0.2, 0) is 6.18 Å². The number of benzene rings is 2. The molecule has 0 radical (unpaired) electrons. The van der Waals surface area contributed by atoms with Crippen LogP contribution in [0.5, 0.6) is 5.75 Å². The zero-order valence-electron chi connectivity index (χ0n) is 11.3. The van der Waals surface area contributed by atoms with Crippen molar-refractivity contribution in [3.8, 4) is 5.75 Å². The first-order valence-corrected chi connectivity index (χ1v) is 6.08. The summed E-state index contributed by atoms with van der Waals surface area (Å²) in [6, 6.07) is 8.54. The number of ether oxygens (including phenoxy) is 1. The molecular weight excluding hydrogens is 301 g/mol. The Balaban J connectivity index is 2.49. The van der Waals surface area contributed by atoms with Gasteiger partial charge < -0.3 is 10.1 Å². The third kappa shape index (κ3) is 3.27. The fourth-order valence-electron chi connectivity index (χ4n) is 1.89. The van der Waals surface area contributed by atoms with Crippen LogP contribution in [0, 0.1) is 10.1 Å². The minimum atomic E-state index is -4.57. The zero-order valence-corrected chi connectivity index (χ0v) is 11.3. The number of anilines is 2. The number of methoxy groups -OCH3 is 1. The van der Waals surface area contributed by atoms with Crippen molar-refractivity contribution in [2.24, 2.45) is 0 Å². The zero-order chi connectivity index (χ0) is 16.3. The van der Waals surface area contributed by atoms with Gasteiger partial charge in [-0.2, -0.15) is 13.2 Å². The Labute approximate surface area is 123 Å². The van der Waals surface area contributed by atoms with Gasteiger partial charge in [0.15, 0.2) is 0 Å². The van der Waals surface area contributed by atoms with Gasteiger partial charge in [0.05, 0.1) is 23.3 Å². The number of nitro benzene ring substituents is 1. The van der Waals surface area contributed by atoms with Crippen LogP contribution in [0.2, 0.25) is 0 Å². The van der Waals surface area contributed by atoms with Gasteiger partial charge in [0.2, 0.25) is 0 Å². The summed E-state index contributed by atoms with van der Waals surface area (Å²) in [5, 5.41) is 13.5. The second kappa shape index (κ2) is 5.92. The van der Waals surface area contributed by atoms with Crippen molar-refractivity contribution in [2.75, 3.05) is 12.4 Å². The maximum atomic E-state index is 13.0. The van der Waals surface area contributed by atoms with Crippen molar-refractivity contribution >= 4 is 17.1 Å². The molecule has 0 atom stereocenters. The molecular formula is C14H11F3N2O3. The largest absolute Gasteiger partial charge is 0.497 e. The third-order valence-corrected chi connectivity index (χ3v) is 2.90. The van der Waals surface area contributed by atoms with E-state index in [0.29, 0.717) is 0 Å². The predicted molar refractivity (Wildman–Crippen MR) is 74.4 cm³/mol. The van der Waals surface area contributed by atoms with Crippen molar-refractivity contribution in [1.29, 1.82) is 0 Å². The van der Waals surface area contributed by atoms with Crippen molar-refractivity contribution in [3.05, 3.63) is 58.1 Å². The number of nitrogens with zero attached hydrogens (tertiary/aromatic N) is 1. The Morgan fingerprint density at radius 3 is 2.41 bits per heavy atom. The molecule has 0 fully saturated rings. The number of alkyl halides is 3. The SMILES string of the molecule is COc1ccc([N+](=O)[O-])c(Nc2ccccc2C(F)(F)F)c1. The van der Waals surface area contributed by atoms with E-state index >= 15 is 0 Å². The molecule has 0 saturated heterocycles. The molecule has 2 aromatic carbocycles. The molecule has 0 aliphatic rings. The van der Waals surface area contributed by atoms with Crippen molar-refractivity contribution in [3.63, 3.8) is 0 Å². The number of rotatable bonds is 4. The molecule has 0 heterocycles. The molecule has 2 aromatic rings. The molecule has 0 spiro atoms. The highest BCUT2D eigenvalue weighted by Crippen LogP contribution is 2.38. The van der Waals surface area contributed by atoms with Crippen LogP contribution in [-0.4, -0.2) is 12.0 Å². The lowest BCUT2D eigenvalue weighted by Crippen LogP contribution is -2.09. The van der Waals surface area contributed by atoms with Gasteiger partial charge in [-0.3, -0.25) is 10.1 Å². The van der Waals surface area contributed by atoms with Gasteiger partial charge in [0.1, 0.15) is 11.4 Å². The Morgan fingerprint density at radius 2 is 1.82 bits per heavy atom. The normalized spacial score (nSPS) is 11.1. The van der Waals surface area contributed by atoms with Crippen LogP contribution in [0.25, 0.3) is 0 Å². The third-order valence-electron chi connectivity index (χ3n) is 2.90. The van der Waals surface area contributed by atoms with E-state index in [2.05, 4.69) is 5.32 Å². The van der Waals surface area contributed by atoms with Gasteiger partial charge in [0, 0.05) is 12.1 Å². The molecule has 116 valence electrons. The van der Waals surface area contributed by atoms with Crippen molar-refractivity contribution in [2.45, 2.75) is 6.18 Å².